The molecule has 1 atom stereocenters. The van der Waals surface area contributed by atoms with E-state index in [0.717, 1.165) is 31.4 Å². The van der Waals surface area contributed by atoms with Crippen LogP contribution in [0.1, 0.15) is 25.0 Å². The van der Waals surface area contributed by atoms with Gasteiger partial charge in [-0.3, -0.25) is 9.78 Å². The maximum atomic E-state index is 12.2. The highest BCUT2D eigenvalue weighted by Crippen LogP contribution is 2.18. The Morgan fingerprint density at radius 3 is 3.12 bits per heavy atom. The number of carbonyl (C=O) groups excluding carboxylic acids is 1. The number of pyridine rings is 1. The molecule has 0 bridgehead atoms. The van der Waals surface area contributed by atoms with E-state index in [0.29, 0.717) is 24.6 Å². The highest BCUT2D eigenvalue weighted by Gasteiger charge is 2.17. The van der Waals surface area contributed by atoms with Crippen LogP contribution in [0.2, 0.25) is 0 Å². The molecule has 25 heavy (non-hydrogen) atoms. The van der Waals surface area contributed by atoms with Crippen LogP contribution in [-0.4, -0.2) is 53.9 Å². The molecule has 0 spiro atoms. The van der Waals surface area contributed by atoms with Crippen LogP contribution in [0.15, 0.2) is 35.1 Å². The van der Waals surface area contributed by atoms with Crippen LogP contribution in [0.25, 0.3) is 11.3 Å². The fourth-order valence-corrected chi connectivity index (χ4v) is 2.69. The topological polar surface area (TPSA) is 77.7 Å². The lowest BCUT2D eigenvalue weighted by molar-refractivity contribution is -0.137. The third kappa shape index (κ3) is 5.11. The van der Waals surface area contributed by atoms with Crippen molar-refractivity contribution in [3.63, 3.8) is 0 Å². The summed E-state index contributed by atoms with van der Waals surface area (Å²) in [5.41, 5.74) is 1.58. The first kappa shape index (κ1) is 17.6. The molecule has 1 fully saturated rings. The zero-order valence-electron chi connectivity index (χ0n) is 14.4. The normalized spacial score (nSPS) is 17.4. The quantitative estimate of drug-likeness (QED) is 0.766. The summed E-state index contributed by atoms with van der Waals surface area (Å²) in [5.74, 6) is 0.514. The standard InChI is InChI=1S/C18H23N3O4/c1-21(18(22)13-23-12-15-6-2-3-8-24-15)11-16-9-17(20-25-16)14-5-4-7-19-10-14/h4-5,7,9-10,15H,2-3,6,8,11-13H2,1H3/t15-/m1/s1. The van der Waals surface area contributed by atoms with Crippen molar-refractivity contribution in [2.45, 2.75) is 31.9 Å². The smallest absolute Gasteiger partial charge is 0.248 e. The maximum Gasteiger partial charge on any atom is 0.248 e. The summed E-state index contributed by atoms with van der Waals surface area (Å²) < 4.78 is 16.4. The van der Waals surface area contributed by atoms with Crippen LogP contribution in [-0.2, 0) is 20.8 Å². The minimum Gasteiger partial charge on any atom is -0.376 e. The molecule has 3 rings (SSSR count). The molecule has 7 nitrogen and oxygen atoms in total. The van der Waals surface area contributed by atoms with Crippen molar-refractivity contribution < 1.29 is 18.8 Å². The van der Waals surface area contributed by atoms with E-state index in [2.05, 4.69) is 10.1 Å². The Kier molecular flexibility index (Phi) is 6.14. The summed E-state index contributed by atoms with van der Waals surface area (Å²) in [6, 6.07) is 5.56. The summed E-state index contributed by atoms with van der Waals surface area (Å²) in [5, 5.41) is 4.02. The van der Waals surface area contributed by atoms with Gasteiger partial charge >= 0.3 is 0 Å². The van der Waals surface area contributed by atoms with Gasteiger partial charge in [-0.25, -0.2) is 0 Å². The lowest BCUT2D eigenvalue weighted by Gasteiger charge is -2.22. The molecule has 3 heterocycles. The average molecular weight is 345 g/mol. The first-order valence-corrected chi connectivity index (χ1v) is 8.51. The molecule has 0 radical (unpaired) electrons. The average Bonchev–Trinajstić information content (AvgIpc) is 3.12. The van der Waals surface area contributed by atoms with Crippen molar-refractivity contribution in [2.24, 2.45) is 0 Å². The Morgan fingerprint density at radius 2 is 2.36 bits per heavy atom. The Morgan fingerprint density at radius 1 is 1.44 bits per heavy atom. The van der Waals surface area contributed by atoms with Crippen LogP contribution in [0, 0.1) is 0 Å². The molecule has 1 saturated heterocycles. The molecule has 134 valence electrons. The summed E-state index contributed by atoms with van der Waals surface area (Å²) in [6.07, 6.45) is 6.80. The predicted molar refractivity (Wildman–Crippen MR) is 90.6 cm³/mol. The highest BCUT2D eigenvalue weighted by atomic mass is 16.5. The van der Waals surface area contributed by atoms with Crippen molar-refractivity contribution in [2.75, 3.05) is 26.9 Å². The molecule has 1 amide bonds. The second-order valence-corrected chi connectivity index (χ2v) is 6.17. The van der Waals surface area contributed by atoms with Gasteiger partial charge in [-0.05, 0) is 31.4 Å². The molecule has 2 aromatic heterocycles. The van der Waals surface area contributed by atoms with Crippen LogP contribution in [0.3, 0.4) is 0 Å². The first-order valence-electron chi connectivity index (χ1n) is 8.51. The Hall–Kier alpha value is -2.25. The number of amides is 1. The van der Waals surface area contributed by atoms with Gasteiger partial charge in [0.2, 0.25) is 5.91 Å². The van der Waals surface area contributed by atoms with Gasteiger partial charge in [-0.15, -0.1) is 0 Å². The van der Waals surface area contributed by atoms with Gasteiger partial charge in [-0.1, -0.05) is 5.16 Å². The van der Waals surface area contributed by atoms with E-state index < -0.39 is 0 Å². The number of nitrogens with zero attached hydrogens (tertiary/aromatic N) is 3. The SMILES string of the molecule is CN(Cc1cc(-c2cccnc2)no1)C(=O)COC[C@H]1CCCCO1. The zero-order chi connectivity index (χ0) is 17.5. The molecule has 1 aliphatic heterocycles. The van der Waals surface area contributed by atoms with Gasteiger partial charge < -0.3 is 18.9 Å². The molecule has 0 aliphatic carbocycles. The summed E-state index contributed by atoms with van der Waals surface area (Å²) in [7, 11) is 1.72. The number of ether oxygens (including phenoxy) is 2. The van der Waals surface area contributed by atoms with Crippen LogP contribution in [0.4, 0.5) is 0 Å². The highest BCUT2D eigenvalue weighted by molar-refractivity contribution is 5.77. The van der Waals surface area contributed by atoms with Gasteiger partial charge in [0.25, 0.3) is 0 Å². The lowest BCUT2D eigenvalue weighted by Crippen LogP contribution is -2.32. The first-order chi connectivity index (χ1) is 12.2. The number of hydrogen-bond acceptors (Lipinski definition) is 6. The number of likely N-dealkylation sites (N-methyl/N-ethyl adjacent to an activating group) is 1. The fraction of sp³-hybridized carbons (Fsp3) is 0.500. The van der Waals surface area contributed by atoms with Gasteiger partial charge in [0, 0.05) is 37.7 Å². The molecular weight excluding hydrogens is 322 g/mol. The minimum absolute atomic E-state index is 0.0416. The third-order valence-corrected chi connectivity index (χ3v) is 4.14. The third-order valence-electron chi connectivity index (χ3n) is 4.14. The monoisotopic (exact) mass is 345 g/mol. The fourth-order valence-electron chi connectivity index (χ4n) is 2.69. The van der Waals surface area contributed by atoms with E-state index in [9.17, 15) is 4.79 Å². The van der Waals surface area contributed by atoms with E-state index >= 15 is 0 Å². The van der Waals surface area contributed by atoms with Crippen molar-refractivity contribution in [3.8, 4) is 11.3 Å². The second kappa shape index (κ2) is 8.73. The molecule has 2 aromatic rings. The number of aromatic nitrogens is 2. The summed E-state index contributed by atoms with van der Waals surface area (Å²) in [4.78, 5) is 17.8. The minimum atomic E-state index is -0.102. The Labute approximate surface area is 146 Å². The number of hydrogen-bond donors (Lipinski definition) is 0. The molecule has 0 saturated carbocycles. The summed E-state index contributed by atoms with van der Waals surface area (Å²) >= 11 is 0. The van der Waals surface area contributed by atoms with Gasteiger partial charge in [0.15, 0.2) is 5.76 Å². The largest absolute Gasteiger partial charge is 0.376 e. The predicted octanol–water partition coefficient (Wildman–Crippen LogP) is 2.28. The van der Waals surface area contributed by atoms with E-state index in [4.69, 9.17) is 14.0 Å². The Balaban J connectivity index is 1.44. The molecule has 0 N–H and O–H groups in total. The second-order valence-electron chi connectivity index (χ2n) is 6.17. The molecule has 0 unspecified atom stereocenters. The van der Waals surface area contributed by atoms with Gasteiger partial charge in [0.05, 0.1) is 19.3 Å². The Bertz CT molecular complexity index is 668. The van der Waals surface area contributed by atoms with Crippen molar-refractivity contribution in [1.82, 2.24) is 15.0 Å². The molecule has 1 aliphatic rings. The number of rotatable bonds is 7. The van der Waals surface area contributed by atoms with Crippen molar-refractivity contribution in [3.05, 3.63) is 36.4 Å². The zero-order valence-corrected chi connectivity index (χ0v) is 14.4. The van der Waals surface area contributed by atoms with E-state index in [1.807, 2.05) is 18.2 Å². The van der Waals surface area contributed by atoms with E-state index in [-0.39, 0.29) is 18.6 Å². The van der Waals surface area contributed by atoms with E-state index in [1.165, 1.54) is 0 Å². The maximum absolute atomic E-state index is 12.2. The van der Waals surface area contributed by atoms with Crippen molar-refractivity contribution in [1.29, 1.82) is 0 Å². The molecule has 0 aromatic carbocycles. The van der Waals surface area contributed by atoms with E-state index in [1.54, 1.807) is 24.3 Å². The molecule has 7 heteroatoms. The van der Waals surface area contributed by atoms with Gasteiger partial charge in [-0.2, -0.15) is 0 Å². The molecular formula is C18H23N3O4. The van der Waals surface area contributed by atoms with Gasteiger partial charge in [0.1, 0.15) is 12.3 Å². The van der Waals surface area contributed by atoms with Crippen molar-refractivity contribution >= 4 is 5.91 Å². The van der Waals surface area contributed by atoms with Crippen LogP contribution in [0.5, 0.6) is 0 Å². The number of carbonyl (C=O) groups is 1. The van der Waals surface area contributed by atoms with Crippen LogP contribution < -0.4 is 0 Å². The summed E-state index contributed by atoms with van der Waals surface area (Å²) in [6.45, 7) is 1.63. The van der Waals surface area contributed by atoms with Crippen LogP contribution >= 0.6 is 0 Å². The lowest BCUT2D eigenvalue weighted by atomic mass is 10.1.